The van der Waals surface area contributed by atoms with Gasteiger partial charge >= 0.3 is 0 Å². The maximum atomic E-state index is 12.0. The summed E-state index contributed by atoms with van der Waals surface area (Å²) in [7, 11) is 0. The van der Waals surface area contributed by atoms with Gasteiger partial charge in [-0.2, -0.15) is 0 Å². The maximum absolute atomic E-state index is 12.0. The highest BCUT2D eigenvalue weighted by atomic mass is 16.2. The Bertz CT molecular complexity index is 380. The Morgan fingerprint density at radius 3 is 2.47 bits per heavy atom. The van der Waals surface area contributed by atoms with Gasteiger partial charge in [-0.3, -0.25) is 4.79 Å². The summed E-state index contributed by atoms with van der Waals surface area (Å²) in [6, 6.07) is 7.81. The number of amides is 1. The fraction of sp³-hybridized carbons (Fsp3) is 0.500. The SMILES string of the molecule is CC(CC(=O)N1CCCC1)c1ccc(N)cc1. The third-order valence-electron chi connectivity index (χ3n) is 3.45. The lowest BCUT2D eigenvalue weighted by atomic mass is 9.97. The van der Waals surface area contributed by atoms with Crippen molar-refractivity contribution < 1.29 is 4.79 Å². The lowest BCUT2D eigenvalue weighted by Crippen LogP contribution is -2.28. The summed E-state index contributed by atoms with van der Waals surface area (Å²) in [6.45, 7) is 3.97. The first-order valence-electron chi connectivity index (χ1n) is 6.30. The molecule has 1 heterocycles. The zero-order chi connectivity index (χ0) is 12.3. The molecule has 1 atom stereocenters. The van der Waals surface area contributed by atoms with Crippen LogP contribution < -0.4 is 5.73 Å². The molecule has 1 aliphatic heterocycles. The minimum atomic E-state index is 0.267. The molecular weight excluding hydrogens is 212 g/mol. The van der Waals surface area contributed by atoms with Crippen LogP contribution in [-0.4, -0.2) is 23.9 Å². The van der Waals surface area contributed by atoms with Gasteiger partial charge in [-0.25, -0.2) is 0 Å². The van der Waals surface area contributed by atoms with Gasteiger partial charge in [0.15, 0.2) is 0 Å². The first-order chi connectivity index (χ1) is 8.16. The summed E-state index contributed by atoms with van der Waals surface area (Å²) >= 11 is 0. The van der Waals surface area contributed by atoms with E-state index < -0.39 is 0 Å². The monoisotopic (exact) mass is 232 g/mol. The van der Waals surface area contributed by atoms with Gasteiger partial charge in [0.05, 0.1) is 0 Å². The van der Waals surface area contributed by atoms with Crippen LogP contribution in [0.1, 0.15) is 37.7 Å². The number of nitrogens with two attached hydrogens (primary N) is 1. The van der Waals surface area contributed by atoms with Crippen molar-refractivity contribution in [3.8, 4) is 0 Å². The minimum Gasteiger partial charge on any atom is -0.399 e. The third kappa shape index (κ3) is 2.99. The van der Waals surface area contributed by atoms with Crippen molar-refractivity contribution in [2.45, 2.75) is 32.1 Å². The molecule has 1 saturated heterocycles. The van der Waals surface area contributed by atoms with Crippen LogP contribution in [0.3, 0.4) is 0 Å². The van der Waals surface area contributed by atoms with E-state index in [2.05, 4.69) is 6.92 Å². The van der Waals surface area contributed by atoms with Crippen LogP contribution in [0.15, 0.2) is 24.3 Å². The Morgan fingerprint density at radius 2 is 1.88 bits per heavy atom. The molecule has 0 aliphatic carbocycles. The van der Waals surface area contributed by atoms with Crippen LogP contribution >= 0.6 is 0 Å². The molecular formula is C14H20N2O. The van der Waals surface area contributed by atoms with Crippen LogP contribution in [0.25, 0.3) is 0 Å². The molecule has 0 radical (unpaired) electrons. The predicted molar refractivity (Wildman–Crippen MR) is 69.7 cm³/mol. The third-order valence-corrected chi connectivity index (χ3v) is 3.45. The Kier molecular flexibility index (Phi) is 3.67. The second-order valence-electron chi connectivity index (χ2n) is 4.86. The molecule has 17 heavy (non-hydrogen) atoms. The van der Waals surface area contributed by atoms with Crippen LogP contribution in [0, 0.1) is 0 Å². The molecule has 92 valence electrons. The van der Waals surface area contributed by atoms with E-state index in [9.17, 15) is 4.79 Å². The second-order valence-corrected chi connectivity index (χ2v) is 4.86. The van der Waals surface area contributed by atoms with Crippen molar-refractivity contribution in [3.63, 3.8) is 0 Å². The number of anilines is 1. The molecule has 0 aromatic heterocycles. The predicted octanol–water partition coefficient (Wildman–Crippen LogP) is 2.38. The summed E-state index contributed by atoms with van der Waals surface area (Å²) in [5, 5.41) is 0. The van der Waals surface area contributed by atoms with Gasteiger partial charge in [-0.15, -0.1) is 0 Å². The van der Waals surface area contributed by atoms with Gasteiger partial charge in [0.2, 0.25) is 5.91 Å². The van der Waals surface area contributed by atoms with E-state index in [0.717, 1.165) is 31.6 Å². The largest absolute Gasteiger partial charge is 0.399 e. The number of rotatable bonds is 3. The standard InChI is InChI=1S/C14H20N2O/c1-11(12-4-6-13(15)7-5-12)10-14(17)16-8-2-3-9-16/h4-7,11H,2-3,8-10,15H2,1H3. The maximum Gasteiger partial charge on any atom is 0.223 e. The molecule has 1 unspecified atom stereocenters. The number of carbonyl (C=O) groups is 1. The van der Waals surface area contributed by atoms with E-state index in [-0.39, 0.29) is 11.8 Å². The van der Waals surface area contributed by atoms with Crippen LogP contribution in [0.4, 0.5) is 5.69 Å². The Morgan fingerprint density at radius 1 is 1.29 bits per heavy atom. The van der Waals surface area contributed by atoms with Crippen molar-refractivity contribution >= 4 is 11.6 Å². The lowest BCUT2D eigenvalue weighted by molar-refractivity contribution is -0.130. The number of nitrogen functional groups attached to an aromatic ring is 1. The van der Waals surface area contributed by atoms with Gasteiger partial charge < -0.3 is 10.6 Å². The minimum absolute atomic E-state index is 0.267. The summed E-state index contributed by atoms with van der Waals surface area (Å²) in [5.41, 5.74) is 7.61. The van der Waals surface area contributed by atoms with Crippen LogP contribution in [-0.2, 0) is 4.79 Å². The number of carbonyl (C=O) groups excluding carboxylic acids is 1. The topological polar surface area (TPSA) is 46.3 Å². The van der Waals surface area contributed by atoms with E-state index >= 15 is 0 Å². The molecule has 1 fully saturated rings. The smallest absolute Gasteiger partial charge is 0.223 e. The Hall–Kier alpha value is -1.51. The van der Waals surface area contributed by atoms with E-state index in [0.29, 0.717) is 6.42 Å². The van der Waals surface area contributed by atoms with Gasteiger partial charge in [-0.05, 0) is 36.5 Å². The molecule has 1 aromatic carbocycles. The Labute approximate surface area is 103 Å². The van der Waals surface area contributed by atoms with Crippen molar-refractivity contribution in [1.82, 2.24) is 4.90 Å². The first kappa shape index (κ1) is 12.0. The number of benzene rings is 1. The van der Waals surface area contributed by atoms with Gasteiger partial charge in [-0.1, -0.05) is 19.1 Å². The number of likely N-dealkylation sites (tertiary alicyclic amines) is 1. The summed E-state index contributed by atoms with van der Waals surface area (Å²) in [4.78, 5) is 14.0. The molecule has 3 heteroatoms. The number of hydrogen-bond acceptors (Lipinski definition) is 2. The molecule has 1 aromatic rings. The zero-order valence-electron chi connectivity index (χ0n) is 10.4. The fourth-order valence-corrected chi connectivity index (χ4v) is 2.30. The molecule has 0 bridgehead atoms. The van der Waals surface area contributed by atoms with Crippen molar-refractivity contribution in [2.24, 2.45) is 0 Å². The van der Waals surface area contributed by atoms with E-state index in [4.69, 9.17) is 5.73 Å². The summed E-state index contributed by atoms with van der Waals surface area (Å²) < 4.78 is 0. The van der Waals surface area contributed by atoms with Gasteiger partial charge in [0.1, 0.15) is 0 Å². The molecule has 2 N–H and O–H groups in total. The zero-order valence-corrected chi connectivity index (χ0v) is 10.4. The van der Waals surface area contributed by atoms with Crippen LogP contribution in [0.5, 0.6) is 0 Å². The molecule has 1 aliphatic rings. The molecule has 3 nitrogen and oxygen atoms in total. The number of nitrogens with zero attached hydrogens (tertiary/aromatic N) is 1. The van der Waals surface area contributed by atoms with Gasteiger partial charge in [0, 0.05) is 25.2 Å². The average Bonchev–Trinajstić information content (AvgIpc) is 2.83. The molecule has 0 saturated carbocycles. The van der Waals surface area contributed by atoms with E-state index in [1.165, 1.54) is 5.56 Å². The molecule has 2 rings (SSSR count). The van der Waals surface area contributed by atoms with Crippen molar-refractivity contribution in [1.29, 1.82) is 0 Å². The molecule has 1 amide bonds. The lowest BCUT2D eigenvalue weighted by Gasteiger charge is -2.18. The van der Waals surface area contributed by atoms with Gasteiger partial charge in [0.25, 0.3) is 0 Å². The fourth-order valence-electron chi connectivity index (χ4n) is 2.30. The van der Waals surface area contributed by atoms with Crippen LogP contribution in [0.2, 0.25) is 0 Å². The second kappa shape index (κ2) is 5.21. The highest BCUT2D eigenvalue weighted by molar-refractivity contribution is 5.77. The summed E-state index contributed by atoms with van der Waals surface area (Å²) in [6.07, 6.45) is 2.91. The quantitative estimate of drug-likeness (QED) is 0.813. The number of hydrogen-bond donors (Lipinski definition) is 1. The van der Waals surface area contributed by atoms with E-state index in [1.54, 1.807) is 0 Å². The normalized spacial score (nSPS) is 17.1. The first-order valence-corrected chi connectivity index (χ1v) is 6.30. The highest BCUT2D eigenvalue weighted by Crippen LogP contribution is 2.22. The Balaban J connectivity index is 1.93. The van der Waals surface area contributed by atoms with E-state index in [1.807, 2.05) is 29.2 Å². The average molecular weight is 232 g/mol. The highest BCUT2D eigenvalue weighted by Gasteiger charge is 2.20. The summed E-state index contributed by atoms with van der Waals surface area (Å²) in [5.74, 6) is 0.551. The van der Waals surface area contributed by atoms with Crippen molar-refractivity contribution in [3.05, 3.63) is 29.8 Å². The molecule has 0 spiro atoms. The van der Waals surface area contributed by atoms with Crippen molar-refractivity contribution in [2.75, 3.05) is 18.8 Å².